The second-order valence-corrected chi connectivity index (χ2v) is 10.8. The number of carbonyl (C=O) groups excluding carboxylic acids is 1. The molecule has 9 heteroatoms. The van der Waals surface area contributed by atoms with Gasteiger partial charge in [0.25, 0.3) is 0 Å². The fraction of sp³-hybridized carbons (Fsp3) is 0.435. The molecular weight excluding hydrogens is 453 g/mol. The van der Waals surface area contributed by atoms with E-state index in [2.05, 4.69) is 29.3 Å². The van der Waals surface area contributed by atoms with Gasteiger partial charge in [-0.2, -0.15) is 0 Å². The van der Waals surface area contributed by atoms with Crippen molar-refractivity contribution in [3.8, 4) is 0 Å². The highest BCUT2D eigenvalue weighted by Gasteiger charge is 2.23. The van der Waals surface area contributed by atoms with E-state index in [1.807, 2.05) is 19.1 Å². The fourth-order valence-electron chi connectivity index (χ4n) is 3.94. The second kappa shape index (κ2) is 10.1. The summed E-state index contributed by atoms with van der Waals surface area (Å²) >= 11 is 5.79. The first-order valence-corrected chi connectivity index (χ1v) is 12.8. The van der Waals surface area contributed by atoms with Crippen LogP contribution in [-0.4, -0.2) is 40.2 Å². The minimum atomic E-state index is -3.78. The Morgan fingerprint density at radius 2 is 1.97 bits per heavy atom. The van der Waals surface area contributed by atoms with Crippen LogP contribution in [0.5, 0.6) is 0 Å². The third-order valence-corrected chi connectivity index (χ3v) is 7.10. The van der Waals surface area contributed by atoms with Gasteiger partial charge < -0.3 is 10.2 Å². The number of rotatable bonds is 7. The zero-order chi connectivity index (χ0) is 23.5. The number of nitrogens with zero attached hydrogens (tertiary/aromatic N) is 2. The molecule has 0 radical (unpaired) electrons. The summed E-state index contributed by atoms with van der Waals surface area (Å²) in [5.74, 6) is -0.461. The topological polar surface area (TPSA) is 69.7 Å². The highest BCUT2D eigenvalue weighted by Crippen LogP contribution is 2.26. The van der Waals surface area contributed by atoms with Crippen molar-refractivity contribution in [2.24, 2.45) is 5.92 Å². The van der Waals surface area contributed by atoms with Crippen LogP contribution in [0.1, 0.15) is 38.3 Å². The van der Waals surface area contributed by atoms with E-state index in [0.717, 1.165) is 41.0 Å². The van der Waals surface area contributed by atoms with Gasteiger partial charge in [0.15, 0.2) is 0 Å². The van der Waals surface area contributed by atoms with Crippen LogP contribution in [0.3, 0.4) is 0 Å². The quantitative estimate of drug-likeness (QED) is 0.638. The predicted octanol–water partition coefficient (Wildman–Crippen LogP) is 4.36. The summed E-state index contributed by atoms with van der Waals surface area (Å²) < 4.78 is 38.8. The molecule has 1 amide bonds. The summed E-state index contributed by atoms with van der Waals surface area (Å²) in [6.45, 7) is 5.76. The normalized spacial score (nSPS) is 17.7. The molecular formula is C23H29ClFN3O3S. The van der Waals surface area contributed by atoms with Crippen LogP contribution in [-0.2, 0) is 14.8 Å². The van der Waals surface area contributed by atoms with E-state index >= 15 is 0 Å². The van der Waals surface area contributed by atoms with E-state index in [-0.39, 0.29) is 16.8 Å². The number of sulfonamides is 1. The van der Waals surface area contributed by atoms with Crippen molar-refractivity contribution in [2.75, 3.05) is 35.1 Å². The van der Waals surface area contributed by atoms with Crippen LogP contribution >= 0.6 is 11.6 Å². The van der Waals surface area contributed by atoms with E-state index in [4.69, 9.17) is 11.6 Å². The minimum Gasteiger partial charge on any atom is -0.371 e. The number of nitrogens with one attached hydrogen (secondary N) is 1. The molecule has 0 saturated carbocycles. The molecule has 2 unspecified atom stereocenters. The lowest BCUT2D eigenvalue weighted by Crippen LogP contribution is -2.41. The van der Waals surface area contributed by atoms with Crippen molar-refractivity contribution in [1.29, 1.82) is 0 Å². The number of benzene rings is 2. The van der Waals surface area contributed by atoms with Gasteiger partial charge in [-0.25, -0.2) is 12.8 Å². The van der Waals surface area contributed by atoms with E-state index < -0.39 is 28.3 Å². The van der Waals surface area contributed by atoms with Gasteiger partial charge in [-0.15, -0.1) is 0 Å². The van der Waals surface area contributed by atoms with E-state index in [1.165, 1.54) is 25.0 Å². The Balaban J connectivity index is 1.66. The molecule has 2 atom stereocenters. The van der Waals surface area contributed by atoms with Gasteiger partial charge in [-0.3, -0.25) is 9.10 Å². The van der Waals surface area contributed by atoms with E-state index in [9.17, 15) is 17.6 Å². The van der Waals surface area contributed by atoms with Crippen molar-refractivity contribution in [3.05, 3.63) is 58.9 Å². The Morgan fingerprint density at radius 1 is 1.28 bits per heavy atom. The third-order valence-electron chi connectivity index (χ3n) is 5.67. The highest BCUT2D eigenvalue weighted by atomic mass is 35.5. The Kier molecular flexibility index (Phi) is 7.67. The molecule has 1 fully saturated rings. The first kappa shape index (κ1) is 24.3. The van der Waals surface area contributed by atoms with Gasteiger partial charge in [-0.1, -0.05) is 30.7 Å². The molecule has 174 valence electrons. The largest absolute Gasteiger partial charge is 0.371 e. The monoisotopic (exact) mass is 481 g/mol. The lowest BCUT2D eigenvalue weighted by molar-refractivity contribution is -0.120. The standard InChI is InChI=1S/C23H29ClFN3O3S/c1-16-5-4-12-27(14-16)19-8-6-18(7-9-19)17(2)26-23(29)15-28(32(3,30)31)20-10-11-22(25)21(24)13-20/h6-11,13,16-17H,4-5,12,14-15H2,1-3H3,(H,26,29). The Morgan fingerprint density at radius 3 is 2.56 bits per heavy atom. The molecule has 0 spiro atoms. The van der Waals surface area contributed by atoms with E-state index in [1.54, 1.807) is 0 Å². The number of hydrogen-bond acceptors (Lipinski definition) is 4. The maximum atomic E-state index is 13.5. The van der Waals surface area contributed by atoms with Gasteiger partial charge in [-0.05, 0) is 61.6 Å². The van der Waals surface area contributed by atoms with Gasteiger partial charge in [0.2, 0.25) is 15.9 Å². The van der Waals surface area contributed by atoms with Crippen molar-refractivity contribution in [2.45, 2.75) is 32.7 Å². The van der Waals surface area contributed by atoms with Crippen molar-refractivity contribution in [3.63, 3.8) is 0 Å². The number of amides is 1. The maximum absolute atomic E-state index is 13.5. The Hall–Kier alpha value is -2.32. The molecule has 2 aromatic carbocycles. The van der Waals surface area contributed by atoms with Crippen molar-refractivity contribution >= 4 is 38.9 Å². The average molecular weight is 482 g/mol. The summed E-state index contributed by atoms with van der Waals surface area (Å²) in [6.07, 6.45) is 3.43. The molecule has 2 aromatic rings. The number of halogens is 2. The Bertz CT molecular complexity index is 1060. The molecule has 0 aromatic heterocycles. The first-order valence-electron chi connectivity index (χ1n) is 10.6. The van der Waals surface area contributed by atoms with Crippen LogP contribution in [0.25, 0.3) is 0 Å². The summed E-state index contributed by atoms with van der Waals surface area (Å²) in [6, 6.07) is 11.3. The highest BCUT2D eigenvalue weighted by molar-refractivity contribution is 7.92. The van der Waals surface area contributed by atoms with Gasteiger partial charge in [0, 0.05) is 18.8 Å². The lowest BCUT2D eigenvalue weighted by atomic mass is 9.99. The molecule has 1 saturated heterocycles. The average Bonchev–Trinajstić information content (AvgIpc) is 2.73. The van der Waals surface area contributed by atoms with Crippen LogP contribution in [0.4, 0.5) is 15.8 Å². The van der Waals surface area contributed by atoms with Gasteiger partial charge in [0.1, 0.15) is 12.4 Å². The molecule has 1 aliphatic heterocycles. The van der Waals surface area contributed by atoms with Crippen molar-refractivity contribution in [1.82, 2.24) is 5.32 Å². The van der Waals surface area contributed by atoms with Gasteiger partial charge >= 0.3 is 0 Å². The summed E-state index contributed by atoms with van der Waals surface area (Å²) in [5, 5.41) is 2.62. The number of piperidine rings is 1. The molecule has 0 bridgehead atoms. The lowest BCUT2D eigenvalue weighted by Gasteiger charge is -2.33. The number of hydrogen-bond donors (Lipinski definition) is 1. The molecule has 1 heterocycles. The van der Waals surface area contributed by atoms with Crippen LogP contribution < -0.4 is 14.5 Å². The summed E-state index contributed by atoms with van der Waals surface area (Å²) in [4.78, 5) is 15.0. The van der Waals surface area contributed by atoms with Crippen LogP contribution in [0, 0.1) is 11.7 Å². The Labute approximate surface area is 194 Å². The predicted molar refractivity (Wildman–Crippen MR) is 127 cm³/mol. The van der Waals surface area contributed by atoms with E-state index in [0.29, 0.717) is 5.92 Å². The SMILES string of the molecule is CC1CCCN(c2ccc(C(C)NC(=O)CN(c3ccc(F)c(Cl)c3)S(C)(=O)=O)cc2)C1. The smallest absolute Gasteiger partial charge is 0.241 e. The molecule has 1 aliphatic rings. The number of carbonyl (C=O) groups is 1. The summed E-state index contributed by atoms with van der Waals surface area (Å²) in [7, 11) is -3.78. The summed E-state index contributed by atoms with van der Waals surface area (Å²) in [5.41, 5.74) is 2.21. The number of anilines is 2. The zero-order valence-electron chi connectivity index (χ0n) is 18.5. The molecule has 3 rings (SSSR count). The molecule has 1 N–H and O–H groups in total. The fourth-order valence-corrected chi connectivity index (χ4v) is 4.96. The van der Waals surface area contributed by atoms with Crippen LogP contribution in [0.15, 0.2) is 42.5 Å². The molecule has 0 aliphatic carbocycles. The first-order chi connectivity index (χ1) is 15.0. The maximum Gasteiger partial charge on any atom is 0.241 e. The second-order valence-electron chi connectivity index (χ2n) is 8.44. The minimum absolute atomic E-state index is 0.127. The third kappa shape index (κ3) is 6.13. The molecule has 32 heavy (non-hydrogen) atoms. The van der Waals surface area contributed by atoms with Crippen molar-refractivity contribution < 1.29 is 17.6 Å². The molecule has 6 nitrogen and oxygen atoms in total. The van der Waals surface area contributed by atoms with Gasteiger partial charge in [0.05, 0.1) is 23.0 Å². The van der Waals surface area contributed by atoms with Crippen LogP contribution in [0.2, 0.25) is 5.02 Å². The zero-order valence-corrected chi connectivity index (χ0v) is 20.1.